The van der Waals surface area contributed by atoms with Crippen LogP contribution < -0.4 is 0 Å². The average molecular weight is 374 g/mol. The van der Waals surface area contributed by atoms with E-state index in [0.29, 0.717) is 16.3 Å². The second-order valence-corrected chi connectivity index (χ2v) is 7.07. The van der Waals surface area contributed by atoms with Gasteiger partial charge in [0.2, 0.25) is 0 Å². The fraction of sp³-hybridized carbons (Fsp3) is 0.562. The van der Waals surface area contributed by atoms with Gasteiger partial charge in [-0.1, -0.05) is 19.3 Å². The Hall–Kier alpha value is -0.610. The molecule has 21 heavy (non-hydrogen) atoms. The van der Waals surface area contributed by atoms with Gasteiger partial charge in [0.05, 0.1) is 15.5 Å². The number of aromatic nitrogens is 2. The molecule has 0 amide bonds. The van der Waals surface area contributed by atoms with Crippen LogP contribution in [0.1, 0.15) is 37.9 Å². The van der Waals surface area contributed by atoms with Crippen molar-refractivity contribution in [1.29, 1.82) is 0 Å². The van der Waals surface area contributed by atoms with Gasteiger partial charge < -0.3 is 4.57 Å². The number of nitrogens with zero attached hydrogens (tertiary/aromatic N) is 2. The third kappa shape index (κ3) is 3.26. The van der Waals surface area contributed by atoms with Crippen LogP contribution in [0.4, 0.5) is 4.39 Å². The van der Waals surface area contributed by atoms with E-state index in [1.54, 1.807) is 0 Å². The number of hydrogen-bond donors (Lipinski definition) is 0. The Labute approximate surface area is 137 Å². The highest BCUT2D eigenvalue weighted by atomic mass is 79.9. The normalized spacial score (nSPS) is 16.7. The van der Waals surface area contributed by atoms with Crippen LogP contribution in [0, 0.1) is 11.7 Å². The molecule has 0 unspecified atom stereocenters. The Kier molecular flexibility index (Phi) is 4.85. The van der Waals surface area contributed by atoms with Crippen LogP contribution in [0.2, 0.25) is 0 Å². The highest BCUT2D eigenvalue weighted by Gasteiger charge is 2.19. The van der Waals surface area contributed by atoms with Crippen molar-refractivity contribution in [2.45, 2.75) is 45.1 Å². The molecule has 0 radical (unpaired) electrons. The third-order valence-electron chi connectivity index (χ3n) is 4.35. The Morgan fingerprint density at radius 1 is 1.29 bits per heavy atom. The molecule has 2 aromatic rings. The highest BCUT2D eigenvalue weighted by Crippen LogP contribution is 2.29. The first-order chi connectivity index (χ1) is 10.2. The van der Waals surface area contributed by atoms with Gasteiger partial charge in [-0.25, -0.2) is 9.37 Å². The van der Waals surface area contributed by atoms with Crippen LogP contribution in [0.3, 0.4) is 0 Å². The van der Waals surface area contributed by atoms with Gasteiger partial charge in [0.15, 0.2) is 0 Å². The quantitative estimate of drug-likeness (QED) is 0.665. The van der Waals surface area contributed by atoms with Crippen molar-refractivity contribution >= 4 is 38.6 Å². The number of rotatable bonds is 4. The van der Waals surface area contributed by atoms with Crippen LogP contribution in [-0.2, 0) is 13.0 Å². The first-order valence-electron chi connectivity index (χ1n) is 7.59. The molecule has 2 nitrogen and oxygen atoms in total. The van der Waals surface area contributed by atoms with Crippen molar-refractivity contribution in [3.63, 3.8) is 0 Å². The van der Waals surface area contributed by atoms with Crippen molar-refractivity contribution in [1.82, 2.24) is 9.55 Å². The lowest BCUT2D eigenvalue weighted by Gasteiger charge is -2.23. The van der Waals surface area contributed by atoms with Crippen molar-refractivity contribution in [3.8, 4) is 0 Å². The summed E-state index contributed by atoms with van der Waals surface area (Å²) in [6, 6.07) is 3.35. The number of halogens is 3. The second kappa shape index (κ2) is 6.66. The zero-order valence-electron chi connectivity index (χ0n) is 11.9. The minimum Gasteiger partial charge on any atom is -0.328 e. The zero-order chi connectivity index (χ0) is 14.8. The lowest BCUT2D eigenvalue weighted by molar-refractivity contribution is 0.319. The fourth-order valence-electron chi connectivity index (χ4n) is 3.28. The standard InChI is InChI=1S/C16H19BrClFN2/c17-12-8-15-14(9-13(12)19)20-16(6-7-18)21(15)10-11-4-2-1-3-5-11/h8-9,11H,1-7,10H2. The summed E-state index contributed by atoms with van der Waals surface area (Å²) < 4.78 is 16.5. The highest BCUT2D eigenvalue weighted by molar-refractivity contribution is 9.10. The van der Waals surface area contributed by atoms with E-state index < -0.39 is 0 Å². The molecule has 0 aliphatic heterocycles. The van der Waals surface area contributed by atoms with Crippen molar-refractivity contribution in [2.24, 2.45) is 5.92 Å². The van der Waals surface area contributed by atoms with Gasteiger partial charge in [-0.05, 0) is 40.8 Å². The number of alkyl halides is 1. The van der Waals surface area contributed by atoms with Crippen LogP contribution in [-0.4, -0.2) is 15.4 Å². The molecular weight excluding hydrogens is 355 g/mol. The summed E-state index contributed by atoms with van der Waals surface area (Å²) in [6.45, 7) is 0.973. The number of hydrogen-bond acceptors (Lipinski definition) is 1. The maximum atomic E-state index is 13.7. The molecule has 1 aromatic heterocycles. The largest absolute Gasteiger partial charge is 0.328 e. The Balaban J connectivity index is 2.00. The summed E-state index contributed by atoms with van der Waals surface area (Å²) in [5, 5.41) is 0. The Morgan fingerprint density at radius 3 is 2.76 bits per heavy atom. The average Bonchev–Trinajstić information content (AvgIpc) is 2.79. The molecule has 0 bridgehead atoms. The summed E-state index contributed by atoms with van der Waals surface area (Å²) in [6.07, 6.45) is 7.28. The number of benzene rings is 1. The molecule has 1 aliphatic rings. The van der Waals surface area contributed by atoms with Crippen molar-refractivity contribution in [2.75, 3.05) is 5.88 Å². The van der Waals surface area contributed by atoms with E-state index in [9.17, 15) is 4.39 Å². The third-order valence-corrected chi connectivity index (χ3v) is 5.15. The maximum absolute atomic E-state index is 13.7. The van der Waals surface area contributed by atoms with E-state index in [4.69, 9.17) is 11.6 Å². The predicted octanol–water partition coefficient (Wildman–Crippen LogP) is 5.30. The van der Waals surface area contributed by atoms with Crippen molar-refractivity contribution in [3.05, 3.63) is 28.2 Å². The van der Waals surface area contributed by atoms with E-state index in [1.165, 1.54) is 38.2 Å². The van der Waals surface area contributed by atoms with E-state index in [0.717, 1.165) is 29.8 Å². The molecule has 1 fully saturated rings. The molecule has 0 spiro atoms. The lowest BCUT2D eigenvalue weighted by atomic mass is 9.89. The predicted molar refractivity (Wildman–Crippen MR) is 88.4 cm³/mol. The number of imidazole rings is 1. The van der Waals surface area contributed by atoms with Crippen LogP contribution in [0.15, 0.2) is 16.6 Å². The molecule has 0 N–H and O–H groups in total. The molecular formula is C16H19BrClFN2. The molecule has 5 heteroatoms. The second-order valence-electron chi connectivity index (χ2n) is 5.84. The summed E-state index contributed by atoms with van der Waals surface area (Å²) >= 11 is 9.19. The van der Waals surface area contributed by atoms with E-state index in [2.05, 4.69) is 25.5 Å². The monoisotopic (exact) mass is 372 g/mol. The smallest absolute Gasteiger partial charge is 0.139 e. The van der Waals surface area contributed by atoms with E-state index in [-0.39, 0.29) is 5.82 Å². The van der Waals surface area contributed by atoms with E-state index in [1.807, 2.05) is 6.07 Å². The number of fused-ring (bicyclic) bond motifs is 1. The Morgan fingerprint density at radius 2 is 2.05 bits per heavy atom. The Bertz CT molecular complexity index is 635. The molecule has 114 valence electrons. The summed E-state index contributed by atoms with van der Waals surface area (Å²) in [4.78, 5) is 4.59. The minimum absolute atomic E-state index is 0.262. The maximum Gasteiger partial charge on any atom is 0.139 e. The topological polar surface area (TPSA) is 17.8 Å². The molecule has 1 aromatic carbocycles. The summed E-state index contributed by atoms with van der Waals surface area (Å²) in [5.41, 5.74) is 1.74. The lowest BCUT2D eigenvalue weighted by Crippen LogP contribution is -2.16. The minimum atomic E-state index is -0.262. The van der Waals surface area contributed by atoms with Gasteiger partial charge in [-0.2, -0.15) is 0 Å². The zero-order valence-corrected chi connectivity index (χ0v) is 14.3. The molecule has 0 saturated heterocycles. The van der Waals surface area contributed by atoms with Crippen LogP contribution >= 0.6 is 27.5 Å². The van der Waals surface area contributed by atoms with Gasteiger partial charge in [-0.3, -0.25) is 0 Å². The number of aryl methyl sites for hydroxylation is 1. The SMILES string of the molecule is Fc1cc2nc(CCCl)n(CC3CCCCC3)c2cc1Br. The van der Waals surface area contributed by atoms with Gasteiger partial charge in [-0.15, -0.1) is 11.6 Å². The summed E-state index contributed by atoms with van der Waals surface area (Å²) in [7, 11) is 0. The molecule has 0 atom stereocenters. The van der Waals surface area contributed by atoms with Gasteiger partial charge >= 0.3 is 0 Å². The molecule has 1 heterocycles. The first kappa shape index (κ1) is 15.3. The van der Waals surface area contributed by atoms with E-state index >= 15 is 0 Å². The van der Waals surface area contributed by atoms with Crippen molar-refractivity contribution < 1.29 is 4.39 Å². The van der Waals surface area contributed by atoms with Gasteiger partial charge in [0.25, 0.3) is 0 Å². The fourth-order valence-corrected chi connectivity index (χ4v) is 3.78. The van der Waals surface area contributed by atoms with Crippen LogP contribution in [0.5, 0.6) is 0 Å². The molecule has 1 saturated carbocycles. The first-order valence-corrected chi connectivity index (χ1v) is 8.92. The van der Waals surface area contributed by atoms with Crippen LogP contribution in [0.25, 0.3) is 11.0 Å². The van der Waals surface area contributed by atoms with Gasteiger partial charge in [0.1, 0.15) is 11.6 Å². The molecule has 1 aliphatic carbocycles. The summed E-state index contributed by atoms with van der Waals surface area (Å²) in [5.74, 6) is 1.96. The molecule has 3 rings (SSSR count). The van der Waals surface area contributed by atoms with Gasteiger partial charge in [0, 0.05) is 24.9 Å².